The Morgan fingerprint density at radius 3 is 2.86 bits per heavy atom. The molecular formula is C18H24FN3. The van der Waals surface area contributed by atoms with Gasteiger partial charge in [-0.2, -0.15) is 0 Å². The highest BCUT2D eigenvalue weighted by Gasteiger charge is 2.20. The molecule has 1 atom stereocenters. The van der Waals surface area contributed by atoms with Crippen molar-refractivity contribution < 1.29 is 4.39 Å². The maximum absolute atomic E-state index is 12.9. The van der Waals surface area contributed by atoms with E-state index < -0.39 is 0 Å². The van der Waals surface area contributed by atoms with Crippen molar-refractivity contribution in [3.63, 3.8) is 0 Å². The number of aromatic nitrogens is 2. The van der Waals surface area contributed by atoms with Gasteiger partial charge >= 0.3 is 0 Å². The lowest BCUT2D eigenvalue weighted by Gasteiger charge is -2.32. The van der Waals surface area contributed by atoms with Gasteiger partial charge in [0.15, 0.2) is 0 Å². The van der Waals surface area contributed by atoms with Crippen LogP contribution in [0.1, 0.15) is 36.2 Å². The van der Waals surface area contributed by atoms with Crippen LogP contribution < -0.4 is 0 Å². The number of benzene rings is 1. The molecule has 1 unspecified atom stereocenters. The van der Waals surface area contributed by atoms with Crippen LogP contribution in [0.5, 0.6) is 0 Å². The highest BCUT2D eigenvalue weighted by molar-refractivity contribution is 5.16. The molecule has 0 amide bonds. The fourth-order valence-corrected chi connectivity index (χ4v) is 3.31. The maximum atomic E-state index is 12.9. The Balaban J connectivity index is 1.50. The molecule has 3 nitrogen and oxygen atoms in total. The second-order valence-corrected chi connectivity index (χ2v) is 6.38. The Morgan fingerprint density at radius 1 is 1.32 bits per heavy atom. The molecule has 3 rings (SSSR count). The zero-order valence-electron chi connectivity index (χ0n) is 13.2. The van der Waals surface area contributed by atoms with Crippen molar-refractivity contribution in [3.8, 4) is 0 Å². The highest BCUT2D eigenvalue weighted by atomic mass is 19.1. The van der Waals surface area contributed by atoms with E-state index in [1.165, 1.54) is 42.8 Å². The number of hydrogen-bond acceptors (Lipinski definition) is 2. The summed E-state index contributed by atoms with van der Waals surface area (Å²) in [6.45, 7) is 5.34. The van der Waals surface area contributed by atoms with Crippen molar-refractivity contribution in [3.05, 3.63) is 53.4 Å². The van der Waals surface area contributed by atoms with Crippen molar-refractivity contribution in [1.29, 1.82) is 0 Å². The zero-order valence-corrected chi connectivity index (χ0v) is 13.2. The molecule has 118 valence electrons. The number of H-pyrrole nitrogens is 1. The Labute approximate surface area is 131 Å². The van der Waals surface area contributed by atoms with Crippen LogP contribution in [0.15, 0.2) is 30.6 Å². The van der Waals surface area contributed by atoms with Crippen LogP contribution in [0.4, 0.5) is 4.39 Å². The van der Waals surface area contributed by atoms with E-state index in [0.717, 1.165) is 25.4 Å². The summed E-state index contributed by atoms with van der Waals surface area (Å²) in [7, 11) is 0. The van der Waals surface area contributed by atoms with Crippen LogP contribution in [0.3, 0.4) is 0 Å². The normalized spacial score (nSPS) is 19.5. The van der Waals surface area contributed by atoms with E-state index >= 15 is 0 Å². The summed E-state index contributed by atoms with van der Waals surface area (Å²) in [6.07, 6.45) is 6.57. The molecule has 1 N–H and O–H groups in total. The van der Waals surface area contributed by atoms with E-state index in [2.05, 4.69) is 21.8 Å². The molecule has 22 heavy (non-hydrogen) atoms. The first-order valence-electron chi connectivity index (χ1n) is 8.16. The Hall–Kier alpha value is -1.68. The monoisotopic (exact) mass is 301 g/mol. The molecule has 2 heterocycles. The summed E-state index contributed by atoms with van der Waals surface area (Å²) in [4.78, 5) is 10.1. The van der Waals surface area contributed by atoms with Crippen LogP contribution in [0.2, 0.25) is 0 Å². The Bertz CT molecular complexity index is 591. The van der Waals surface area contributed by atoms with E-state index in [0.29, 0.717) is 0 Å². The number of halogens is 1. The van der Waals surface area contributed by atoms with Crippen LogP contribution in [-0.2, 0) is 13.0 Å². The molecule has 1 fully saturated rings. The van der Waals surface area contributed by atoms with Gasteiger partial charge in [-0.1, -0.05) is 12.1 Å². The molecule has 0 radical (unpaired) electrons. The quantitative estimate of drug-likeness (QED) is 0.913. The second-order valence-electron chi connectivity index (χ2n) is 6.38. The van der Waals surface area contributed by atoms with Crippen molar-refractivity contribution in [2.75, 3.05) is 13.1 Å². The highest BCUT2D eigenvalue weighted by Crippen LogP contribution is 2.23. The lowest BCUT2D eigenvalue weighted by molar-refractivity contribution is 0.160. The number of nitrogens with zero attached hydrogens (tertiary/aromatic N) is 2. The molecule has 0 aliphatic carbocycles. The summed E-state index contributed by atoms with van der Waals surface area (Å²) in [5.74, 6) is 0.583. The third-order valence-corrected chi connectivity index (χ3v) is 4.67. The standard InChI is InChI=1S/C18H24FN3/c1-14-18(21-13-20-14)12-22-10-2-3-16(11-22)5-4-15-6-8-17(19)9-7-15/h6-9,13,16H,2-5,10-12H2,1H3,(H,20,21). The topological polar surface area (TPSA) is 31.9 Å². The van der Waals surface area contributed by atoms with Gasteiger partial charge in [-0.15, -0.1) is 0 Å². The maximum Gasteiger partial charge on any atom is 0.123 e. The third kappa shape index (κ3) is 3.95. The van der Waals surface area contributed by atoms with E-state index in [1.807, 2.05) is 12.1 Å². The van der Waals surface area contributed by atoms with E-state index in [4.69, 9.17) is 0 Å². The molecule has 1 aliphatic heterocycles. The van der Waals surface area contributed by atoms with Gasteiger partial charge in [0.1, 0.15) is 5.82 Å². The average Bonchev–Trinajstić information content (AvgIpc) is 2.92. The summed E-state index contributed by atoms with van der Waals surface area (Å²) in [5, 5.41) is 0. The van der Waals surface area contributed by atoms with Gasteiger partial charge in [-0.05, 0) is 62.8 Å². The van der Waals surface area contributed by atoms with E-state index in [9.17, 15) is 4.39 Å². The Kier molecular flexibility index (Phi) is 4.88. The summed E-state index contributed by atoms with van der Waals surface area (Å²) in [6, 6.07) is 6.93. The van der Waals surface area contributed by atoms with Crippen molar-refractivity contribution >= 4 is 0 Å². The fraction of sp³-hybridized carbons (Fsp3) is 0.500. The molecule has 0 bridgehead atoms. The van der Waals surface area contributed by atoms with Gasteiger partial charge in [0, 0.05) is 18.8 Å². The van der Waals surface area contributed by atoms with E-state index in [1.54, 1.807) is 18.5 Å². The minimum atomic E-state index is -0.151. The minimum absolute atomic E-state index is 0.151. The smallest absolute Gasteiger partial charge is 0.123 e. The van der Waals surface area contributed by atoms with Gasteiger partial charge in [-0.3, -0.25) is 4.90 Å². The molecule has 1 saturated heterocycles. The van der Waals surface area contributed by atoms with Gasteiger partial charge in [0.25, 0.3) is 0 Å². The number of rotatable bonds is 5. The molecule has 0 saturated carbocycles. The summed E-state index contributed by atoms with van der Waals surface area (Å²) in [5.41, 5.74) is 3.58. The first-order chi connectivity index (χ1) is 10.7. The van der Waals surface area contributed by atoms with Crippen molar-refractivity contribution in [2.45, 2.75) is 39.2 Å². The minimum Gasteiger partial charge on any atom is -0.348 e. The van der Waals surface area contributed by atoms with Gasteiger partial charge in [0.05, 0.1) is 12.0 Å². The van der Waals surface area contributed by atoms with Gasteiger partial charge < -0.3 is 4.98 Å². The predicted molar refractivity (Wildman–Crippen MR) is 86.0 cm³/mol. The first-order valence-corrected chi connectivity index (χ1v) is 8.16. The van der Waals surface area contributed by atoms with Crippen molar-refractivity contribution in [1.82, 2.24) is 14.9 Å². The van der Waals surface area contributed by atoms with Crippen LogP contribution >= 0.6 is 0 Å². The average molecular weight is 301 g/mol. The number of likely N-dealkylation sites (tertiary alicyclic amines) is 1. The lowest BCUT2D eigenvalue weighted by Crippen LogP contribution is -2.35. The van der Waals surface area contributed by atoms with E-state index in [-0.39, 0.29) is 5.82 Å². The molecular weight excluding hydrogens is 277 g/mol. The molecule has 2 aromatic rings. The largest absolute Gasteiger partial charge is 0.348 e. The molecule has 1 aromatic carbocycles. The number of hydrogen-bond donors (Lipinski definition) is 1. The lowest BCUT2D eigenvalue weighted by atomic mass is 9.91. The summed E-state index contributed by atoms with van der Waals surface area (Å²) < 4.78 is 12.9. The number of nitrogens with one attached hydrogen (secondary N) is 1. The van der Waals surface area contributed by atoms with Crippen LogP contribution in [-0.4, -0.2) is 28.0 Å². The summed E-state index contributed by atoms with van der Waals surface area (Å²) >= 11 is 0. The first kappa shape index (κ1) is 15.2. The SMILES string of the molecule is Cc1[nH]cnc1CN1CCCC(CCc2ccc(F)cc2)C1. The number of aromatic amines is 1. The van der Waals surface area contributed by atoms with Crippen LogP contribution in [0.25, 0.3) is 0 Å². The molecule has 1 aromatic heterocycles. The van der Waals surface area contributed by atoms with Crippen molar-refractivity contribution in [2.24, 2.45) is 5.92 Å². The second kappa shape index (κ2) is 7.05. The van der Waals surface area contributed by atoms with Gasteiger partial charge in [-0.25, -0.2) is 9.37 Å². The van der Waals surface area contributed by atoms with Crippen LogP contribution in [0, 0.1) is 18.7 Å². The van der Waals surface area contributed by atoms with Gasteiger partial charge in [0.2, 0.25) is 0 Å². The molecule has 4 heteroatoms. The Morgan fingerprint density at radius 2 is 2.14 bits per heavy atom. The molecule has 0 spiro atoms. The number of aryl methyl sites for hydroxylation is 2. The zero-order chi connectivity index (χ0) is 15.4. The number of imidazole rings is 1. The molecule has 1 aliphatic rings. The number of piperidine rings is 1. The fourth-order valence-electron chi connectivity index (χ4n) is 3.31. The third-order valence-electron chi connectivity index (χ3n) is 4.67. The predicted octanol–water partition coefficient (Wildman–Crippen LogP) is 3.70.